The zero-order valence-electron chi connectivity index (χ0n) is 17.3. The molecule has 160 valence electrons. The first kappa shape index (κ1) is 19.9. The number of likely N-dealkylation sites (tertiary alicyclic amines) is 1. The van der Waals surface area contributed by atoms with E-state index in [4.69, 9.17) is 4.74 Å². The third-order valence-corrected chi connectivity index (χ3v) is 6.73. The first-order valence-electron chi connectivity index (χ1n) is 11.0. The largest absolute Gasteiger partial charge is 0.394 e. The molecule has 1 N–H and O–H groups in total. The topological polar surface area (TPSA) is 70.8 Å². The minimum atomic E-state index is -0.148. The summed E-state index contributed by atoms with van der Waals surface area (Å²) >= 11 is 0. The molecule has 5 rings (SSSR count). The van der Waals surface area contributed by atoms with Crippen molar-refractivity contribution in [2.75, 3.05) is 39.4 Å². The van der Waals surface area contributed by atoms with E-state index >= 15 is 0 Å². The normalized spacial score (nSPS) is 27.0. The molecule has 5 heterocycles. The summed E-state index contributed by atoms with van der Waals surface area (Å²) < 4.78 is 7.58. The molecule has 0 saturated carbocycles. The van der Waals surface area contributed by atoms with Crippen molar-refractivity contribution >= 4 is 0 Å². The highest BCUT2D eigenvalue weighted by molar-refractivity contribution is 5.23. The van der Waals surface area contributed by atoms with Crippen molar-refractivity contribution in [1.82, 2.24) is 19.4 Å². The van der Waals surface area contributed by atoms with Crippen LogP contribution in [0, 0.1) is 5.92 Å². The zero-order chi connectivity index (χ0) is 20.5. The van der Waals surface area contributed by atoms with E-state index in [1.54, 1.807) is 0 Å². The number of aliphatic hydroxyl groups is 1. The van der Waals surface area contributed by atoms with Gasteiger partial charge in [0, 0.05) is 75.4 Å². The molecule has 2 aromatic heterocycles. The van der Waals surface area contributed by atoms with Gasteiger partial charge >= 0.3 is 0 Å². The maximum atomic E-state index is 13.3. The lowest BCUT2D eigenvalue weighted by Gasteiger charge is -2.43. The highest BCUT2D eigenvalue weighted by Crippen LogP contribution is 2.35. The summed E-state index contributed by atoms with van der Waals surface area (Å²) in [4.78, 5) is 22.1. The maximum absolute atomic E-state index is 13.3. The Morgan fingerprint density at radius 1 is 1.03 bits per heavy atom. The Labute approximate surface area is 176 Å². The summed E-state index contributed by atoms with van der Waals surface area (Å²) in [6.45, 7) is 6.53. The van der Waals surface area contributed by atoms with E-state index in [1.165, 1.54) is 17.7 Å². The number of morpholine rings is 1. The number of nitrogens with zero attached hydrogens (tertiary/aromatic N) is 4. The molecule has 2 fully saturated rings. The van der Waals surface area contributed by atoms with Crippen LogP contribution in [0.4, 0.5) is 0 Å². The smallest absolute Gasteiger partial charge is 0.255 e. The number of aromatic nitrogens is 2. The minimum Gasteiger partial charge on any atom is -0.394 e. The van der Waals surface area contributed by atoms with Crippen LogP contribution < -0.4 is 5.56 Å². The second-order valence-electron chi connectivity index (χ2n) is 8.96. The van der Waals surface area contributed by atoms with Crippen LogP contribution in [0.1, 0.15) is 29.2 Å². The third kappa shape index (κ3) is 4.07. The van der Waals surface area contributed by atoms with Gasteiger partial charge < -0.3 is 14.4 Å². The molecule has 0 radical (unpaired) electrons. The van der Waals surface area contributed by atoms with Crippen LogP contribution in [0.25, 0.3) is 0 Å². The van der Waals surface area contributed by atoms with Crippen molar-refractivity contribution in [2.24, 2.45) is 5.92 Å². The molecular formula is C23H30N4O3. The number of pyridine rings is 2. The molecule has 3 aliphatic heterocycles. The fourth-order valence-corrected chi connectivity index (χ4v) is 5.36. The van der Waals surface area contributed by atoms with Crippen molar-refractivity contribution in [3.8, 4) is 0 Å². The molecule has 0 unspecified atom stereocenters. The fourth-order valence-electron chi connectivity index (χ4n) is 5.36. The van der Waals surface area contributed by atoms with Gasteiger partial charge in [-0.2, -0.15) is 0 Å². The molecule has 2 saturated heterocycles. The molecule has 7 nitrogen and oxygen atoms in total. The van der Waals surface area contributed by atoms with Gasteiger partial charge in [0.2, 0.25) is 0 Å². The molecule has 0 amide bonds. The predicted molar refractivity (Wildman–Crippen MR) is 113 cm³/mol. The number of hydrogen-bond acceptors (Lipinski definition) is 6. The fraction of sp³-hybridized carbons (Fsp3) is 0.565. The molecule has 0 spiro atoms. The highest BCUT2D eigenvalue weighted by Gasteiger charge is 2.35. The van der Waals surface area contributed by atoms with E-state index < -0.39 is 0 Å². The summed E-state index contributed by atoms with van der Waals surface area (Å²) in [5.41, 5.74) is 3.50. The summed E-state index contributed by atoms with van der Waals surface area (Å²) in [5.74, 6) is 0.941. The quantitative estimate of drug-likeness (QED) is 0.795. The Hall–Kier alpha value is -2.06. The van der Waals surface area contributed by atoms with Crippen LogP contribution >= 0.6 is 0 Å². The Bertz CT molecular complexity index is 932. The number of aliphatic hydroxyl groups excluding tert-OH is 1. The van der Waals surface area contributed by atoms with Crippen molar-refractivity contribution in [3.63, 3.8) is 0 Å². The molecule has 7 heteroatoms. The van der Waals surface area contributed by atoms with E-state index in [-0.39, 0.29) is 18.3 Å². The summed E-state index contributed by atoms with van der Waals surface area (Å²) in [7, 11) is 0. The standard InChI is InChI=1S/C23H30N4O3/c28-16-21-15-25(7-8-30-21)13-19-1-2-22-20-9-18(12-27(22)23(19)29)11-26(14-20)10-17-3-5-24-6-4-17/h1-6,18,20-21,28H,7-16H2/t18-,20+,21+/m0/s1. The lowest BCUT2D eigenvalue weighted by molar-refractivity contribution is -0.0552. The van der Waals surface area contributed by atoms with E-state index in [0.717, 1.165) is 38.3 Å². The predicted octanol–water partition coefficient (Wildman–Crippen LogP) is 1.06. The number of piperidine rings is 1. The van der Waals surface area contributed by atoms with E-state index in [2.05, 4.69) is 33.0 Å². The van der Waals surface area contributed by atoms with E-state index in [0.29, 0.717) is 31.5 Å². The van der Waals surface area contributed by atoms with Gasteiger partial charge in [0.1, 0.15) is 0 Å². The monoisotopic (exact) mass is 410 g/mol. The van der Waals surface area contributed by atoms with Gasteiger partial charge in [0.05, 0.1) is 19.3 Å². The second-order valence-corrected chi connectivity index (χ2v) is 8.96. The van der Waals surface area contributed by atoms with Crippen molar-refractivity contribution in [3.05, 3.63) is 63.8 Å². The lowest BCUT2D eigenvalue weighted by Crippen LogP contribution is -2.48. The van der Waals surface area contributed by atoms with Crippen molar-refractivity contribution in [2.45, 2.75) is 38.1 Å². The first-order valence-corrected chi connectivity index (χ1v) is 11.0. The van der Waals surface area contributed by atoms with Gasteiger partial charge in [-0.3, -0.25) is 19.6 Å². The molecule has 2 bridgehead atoms. The van der Waals surface area contributed by atoms with Crippen LogP contribution in [0.15, 0.2) is 41.5 Å². The van der Waals surface area contributed by atoms with Gasteiger partial charge in [-0.05, 0) is 36.1 Å². The average Bonchev–Trinajstić information content (AvgIpc) is 2.77. The average molecular weight is 411 g/mol. The lowest BCUT2D eigenvalue weighted by atomic mass is 9.83. The van der Waals surface area contributed by atoms with Crippen LogP contribution in [0.2, 0.25) is 0 Å². The number of hydrogen-bond donors (Lipinski definition) is 1. The Morgan fingerprint density at radius 2 is 1.90 bits per heavy atom. The Balaban J connectivity index is 1.32. The molecule has 0 aromatic carbocycles. The van der Waals surface area contributed by atoms with Crippen molar-refractivity contribution in [1.29, 1.82) is 0 Å². The van der Waals surface area contributed by atoms with Gasteiger partial charge in [0.25, 0.3) is 5.56 Å². The Morgan fingerprint density at radius 3 is 2.73 bits per heavy atom. The summed E-state index contributed by atoms with van der Waals surface area (Å²) in [6.07, 6.45) is 4.74. The Kier molecular flexibility index (Phi) is 5.69. The van der Waals surface area contributed by atoms with Gasteiger partial charge in [-0.25, -0.2) is 0 Å². The minimum absolute atomic E-state index is 0.0268. The molecule has 3 aliphatic rings. The third-order valence-electron chi connectivity index (χ3n) is 6.73. The molecule has 0 aliphatic carbocycles. The zero-order valence-corrected chi connectivity index (χ0v) is 17.3. The SMILES string of the molecule is O=c1c(CN2CCO[C@@H](CO)C2)ccc2n1C[C@H]1C[C@@H]2CN(Cc2ccncc2)C1. The second kappa shape index (κ2) is 8.59. The highest BCUT2D eigenvalue weighted by atomic mass is 16.5. The van der Waals surface area contributed by atoms with Crippen molar-refractivity contribution < 1.29 is 9.84 Å². The number of ether oxygens (including phenoxy) is 1. The van der Waals surface area contributed by atoms with Gasteiger partial charge in [-0.1, -0.05) is 6.07 Å². The van der Waals surface area contributed by atoms with Crippen LogP contribution in [-0.2, 0) is 24.4 Å². The van der Waals surface area contributed by atoms with E-state index in [9.17, 15) is 9.90 Å². The van der Waals surface area contributed by atoms with Gasteiger partial charge in [0.15, 0.2) is 0 Å². The maximum Gasteiger partial charge on any atom is 0.255 e. The van der Waals surface area contributed by atoms with Crippen LogP contribution in [0.5, 0.6) is 0 Å². The van der Waals surface area contributed by atoms with Crippen LogP contribution in [-0.4, -0.2) is 70.0 Å². The van der Waals surface area contributed by atoms with Gasteiger partial charge in [-0.15, -0.1) is 0 Å². The van der Waals surface area contributed by atoms with E-state index in [1.807, 2.05) is 23.0 Å². The molecular weight excluding hydrogens is 380 g/mol. The summed E-state index contributed by atoms with van der Waals surface area (Å²) in [6, 6.07) is 8.38. The van der Waals surface area contributed by atoms with Crippen LogP contribution in [0.3, 0.4) is 0 Å². The number of fused-ring (bicyclic) bond motifs is 4. The first-order chi connectivity index (χ1) is 14.7. The molecule has 2 aromatic rings. The summed E-state index contributed by atoms with van der Waals surface area (Å²) in [5, 5.41) is 9.37. The molecule has 30 heavy (non-hydrogen) atoms. The number of rotatable bonds is 5. The molecule has 3 atom stereocenters.